The van der Waals surface area contributed by atoms with E-state index in [-0.39, 0.29) is 23.8 Å². The second-order valence-electron chi connectivity index (χ2n) is 4.92. The lowest BCUT2D eigenvalue weighted by Gasteiger charge is -2.31. The Balaban J connectivity index is 1.92. The molecule has 1 amide bonds. The molecule has 0 aromatic rings. The molecule has 0 bridgehead atoms. The third kappa shape index (κ3) is 2.77. The summed E-state index contributed by atoms with van der Waals surface area (Å²) in [6, 6.07) is -0.237. The SMILES string of the molecule is COC(=O)[C@@H]1CN(C(=O)C2CCCC2)CC[NH2+]1. The number of hydrogen-bond donors (Lipinski definition) is 1. The molecule has 5 nitrogen and oxygen atoms in total. The zero-order valence-electron chi connectivity index (χ0n) is 10.4. The topological polar surface area (TPSA) is 63.2 Å². The normalized spacial score (nSPS) is 25.9. The highest BCUT2D eigenvalue weighted by molar-refractivity contribution is 5.81. The molecule has 1 saturated heterocycles. The van der Waals surface area contributed by atoms with Crippen molar-refractivity contribution < 1.29 is 19.6 Å². The fourth-order valence-corrected chi connectivity index (χ4v) is 2.79. The van der Waals surface area contributed by atoms with Gasteiger partial charge in [-0.1, -0.05) is 12.8 Å². The van der Waals surface area contributed by atoms with E-state index in [0.29, 0.717) is 6.54 Å². The number of carbonyl (C=O) groups excluding carboxylic acids is 2. The van der Waals surface area contributed by atoms with Crippen LogP contribution in [0.1, 0.15) is 25.7 Å². The van der Waals surface area contributed by atoms with E-state index in [4.69, 9.17) is 4.74 Å². The van der Waals surface area contributed by atoms with Gasteiger partial charge in [0.25, 0.3) is 0 Å². The third-order valence-corrected chi connectivity index (χ3v) is 3.79. The number of methoxy groups -OCH3 is 1. The molecule has 0 aromatic heterocycles. The number of esters is 1. The second kappa shape index (κ2) is 5.49. The molecule has 1 atom stereocenters. The van der Waals surface area contributed by atoms with Gasteiger partial charge in [-0.15, -0.1) is 0 Å². The maximum Gasteiger partial charge on any atom is 0.366 e. The molecule has 0 unspecified atom stereocenters. The van der Waals surface area contributed by atoms with E-state index in [1.807, 2.05) is 10.2 Å². The molecule has 1 saturated carbocycles. The molecule has 2 N–H and O–H groups in total. The molecule has 96 valence electrons. The maximum absolute atomic E-state index is 12.2. The van der Waals surface area contributed by atoms with Crippen molar-refractivity contribution in [2.75, 3.05) is 26.7 Å². The van der Waals surface area contributed by atoms with Crippen LogP contribution >= 0.6 is 0 Å². The minimum absolute atomic E-state index is 0.200. The predicted molar refractivity (Wildman–Crippen MR) is 61.1 cm³/mol. The van der Waals surface area contributed by atoms with Gasteiger partial charge in [0.2, 0.25) is 11.9 Å². The van der Waals surface area contributed by atoms with Crippen LogP contribution in [-0.4, -0.2) is 49.6 Å². The van der Waals surface area contributed by atoms with Gasteiger partial charge in [-0.2, -0.15) is 0 Å². The van der Waals surface area contributed by atoms with Crippen LogP contribution in [-0.2, 0) is 14.3 Å². The van der Waals surface area contributed by atoms with Crippen molar-refractivity contribution >= 4 is 11.9 Å². The molecule has 1 heterocycles. The minimum Gasteiger partial charge on any atom is -0.465 e. The van der Waals surface area contributed by atoms with Crippen LogP contribution in [0.3, 0.4) is 0 Å². The smallest absolute Gasteiger partial charge is 0.366 e. The summed E-state index contributed by atoms with van der Waals surface area (Å²) >= 11 is 0. The first-order valence-corrected chi connectivity index (χ1v) is 6.42. The fourth-order valence-electron chi connectivity index (χ4n) is 2.79. The fraction of sp³-hybridized carbons (Fsp3) is 0.833. The van der Waals surface area contributed by atoms with Crippen molar-refractivity contribution in [3.63, 3.8) is 0 Å². The number of amides is 1. The van der Waals surface area contributed by atoms with E-state index in [0.717, 1.165) is 38.8 Å². The minimum atomic E-state index is -0.237. The summed E-state index contributed by atoms with van der Waals surface area (Å²) < 4.78 is 4.74. The van der Waals surface area contributed by atoms with E-state index in [1.54, 1.807) is 0 Å². The highest BCUT2D eigenvalue weighted by Crippen LogP contribution is 2.26. The highest BCUT2D eigenvalue weighted by Gasteiger charge is 2.35. The van der Waals surface area contributed by atoms with Crippen molar-refractivity contribution in [1.82, 2.24) is 4.90 Å². The summed E-state index contributed by atoms with van der Waals surface area (Å²) in [6.07, 6.45) is 4.36. The Hall–Kier alpha value is -1.10. The number of rotatable bonds is 2. The lowest BCUT2D eigenvalue weighted by Crippen LogP contribution is -2.97. The van der Waals surface area contributed by atoms with Crippen molar-refractivity contribution in [2.45, 2.75) is 31.7 Å². The molecule has 0 spiro atoms. The number of carbonyl (C=O) groups is 2. The van der Waals surface area contributed by atoms with Crippen molar-refractivity contribution in [3.05, 3.63) is 0 Å². The summed E-state index contributed by atoms with van der Waals surface area (Å²) in [5, 5.41) is 1.96. The standard InChI is InChI=1S/C12H20N2O3/c1-17-12(16)10-8-14(7-6-13-10)11(15)9-4-2-3-5-9/h9-10,13H,2-8H2,1H3/p+1/t10-/m0/s1. The first-order valence-electron chi connectivity index (χ1n) is 6.42. The lowest BCUT2D eigenvalue weighted by molar-refractivity contribution is -0.685. The summed E-state index contributed by atoms with van der Waals surface area (Å²) in [4.78, 5) is 25.5. The van der Waals surface area contributed by atoms with Crippen LogP contribution in [0.25, 0.3) is 0 Å². The van der Waals surface area contributed by atoms with Crippen LogP contribution in [0.4, 0.5) is 0 Å². The van der Waals surface area contributed by atoms with Gasteiger partial charge in [0.15, 0.2) is 0 Å². The number of piperazine rings is 1. The number of nitrogens with zero attached hydrogens (tertiary/aromatic N) is 1. The summed E-state index contributed by atoms with van der Waals surface area (Å²) in [5.41, 5.74) is 0. The Bertz CT molecular complexity index is 300. The zero-order chi connectivity index (χ0) is 12.3. The van der Waals surface area contributed by atoms with Gasteiger partial charge < -0.3 is 15.0 Å². The molecule has 1 aliphatic heterocycles. The van der Waals surface area contributed by atoms with Crippen molar-refractivity contribution in [3.8, 4) is 0 Å². The van der Waals surface area contributed by atoms with Gasteiger partial charge in [-0.05, 0) is 12.8 Å². The van der Waals surface area contributed by atoms with Crippen LogP contribution in [0.15, 0.2) is 0 Å². The van der Waals surface area contributed by atoms with Crippen molar-refractivity contribution in [2.24, 2.45) is 5.92 Å². The number of hydrogen-bond acceptors (Lipinski definition) is 3. The Kier molecular flexibility index (Phi) is 3.99. The van der Waals surface area contributed by atoms with E-state index < -0.39 is 0 Å². The Morgan fingerprint density at radius 2 is 2.00 bits per heavy atom. The van der Waals surface area contributed by atoms with Crippen LogP contribution in [0, 0.1) is 5.92 Å². The molecule has 1 aliphatic carbocycles. The summed E-state index contributed by atoms with van der Waals surface area (Å²) in [7, 11) is 1.40. The van der Waals surface area contributed by atoms with Gasteiger partial charge in [0.1, 0.15) is 0 Å². The monoisotopic (exact) mass is 241 g/mol. The van der Waals surface area contributed by atoms with Crippen LogP contribution in [0.5, 0.6) is 0 Å². The maximum atomic E-state index is 12.2. The molecule has 2 fully saturated rings. The Morgan fingerprint density at radius 3 is 2.65 bits per heavy atom. The van der Waals surface area contributed by atoms with Crippen molar-refractivity contribution in [1.29, 1.82) is 0 Å². The van der Waals surface area contributed by atoms with Gasteiger partial charge in [0.05, 0.1) is 26.7 Å². The average Bonchev–Trinajstić information content (AvgIpc) is 2.91. The van der Waals surface area contributed by atoms with Gasteiger partial charge in [0, 0.05) is 5.92 Å². The number of nitrogens with two attached hydrogens (primary N) is 1. The molecular formula is C12H21N2O3+. The Morgan fingerprint density at radius 1 is 1.29 bits per heavy atom. The molecule has 5 heteroatoms. The predicted octanol–water partition coefficient (Wildman–Crippen LogP) is -0.876. The lowest BCUT2D eigenvalue weighted by atomic mass is 10.1. The van der Waals surface area contributed by atoms with Gasteiger partial charge in [-0.3, -0.25) is 4.79 Å². The average molecular weight is 241 g/mol. The van der Waals surface area contributed by atoms with Gasteiger partial charge in [-0.25, -0.2) is 4.79 Å². The van der Waals surface area contributed by atoms with Crippen LogP contribution < -0.4 is 5.32 Å². The molecule has 0 aromatic carbocycles. The second-order valence-corrected chi connectivity index (χ2v) is 4.92. The highest BCUT2D eigenvalue weighted by atomic mass is 16.5. The van der Waals surface area contributed by atoms with E-state index in [9.17, 15) is 9.59 Å². The molecular weight excluding hydrogens is 220 g/mol. The Labute approximate surface area is 101 Å². The first kappa shape index (κ1) is 12.4. The zero-order valence-corrected chi connectivity index (χ0v) is 10.4. The largest absolute Gasteiger partial charge is 0.465 e. The van der Waals surface area contributed by atoms with Crippen LogP contribution in [0.2, 0.25) is 0 Å². The summed E-state index contributed by atoms with van der Waals surface area (Å²) in [5.74, 6) is 0.213. The molecule has 17 heavy (non-hydrogen) atoms. The first-order chi connectivity index (χ1) is 8.22. The molecule has 2 rings (SSSR count). The quantitative estimate of drug-likeness (QED) is 0.639. The van der Waals surface area contributed by atoms with E-state index in [1.165, 1.54) is 7.11 Å². The van der Waals surface area contributed by atoms with Gasteiger partial charge >= 0.3 is 5.97 Å². The molecule has 0 radical (unpaired) electrons. The molecule has 2 aliphatic rings. The number of ether oxygens (including phenoxy) is 1. The number of quaternary nitrogens is 1. The van der Waals surface area contributed by atoms with E-state index in [2.05, 4.69) is 0 Å². The van der Waals surface area contributed by atoms with E-state index >= 15 is 0 Å². The summed E-state index contributed by atoms with van der Waals surface area (Å²) in [6.45, 7) is 2.04. The third-order valence-electron chi connectivity index (χ3n) is 3.79.